The van der Waals surface area contributed by atoms with E-state index in [2.05, 4.69) is 20.6 Å². The average Bonchev–Trinajstić information content (AvgIpc) is 3.55. The van der Waals surface area contributed by atoms with Crippen LogP contribution >= 0.6 is 11.6 Å². The molecule has 46 heavy (non-hydrogen) atoms. The summed E-state index contributed by atoms with van der Waals surface area (Å²) in [5, 5.41) is 7.83. The standard InChI is InChI=1S/C35H32ClFN4O4S/c36-31-22-28(11-13-33(31)44-23-25-6-4-7-27(37)20-25)41-34-30-21-26(10-12-32(30)39-24-40-34)35(14-5-18-45-35)15-16-38-17-19-46(42,43)29-8-2-1-3-9-29/h1-13,18,20-22,24,38H,14-17,19,23H2,(H,39,40,41). The normalized spacial score (nSPS) is 16.0. The molecule has 0 aliphatic carbocycles. The summed E-state index contributed by atoms with van der Waals surface area (Å²) in [5.74, 6) is 0.764. The number of aromatic nitrogens is 2. The predicted octanol–water partition coefficient (Wildman–Crippen LogP) is 7.33. The summed E-state index contributed by atoms with van der Waals surface area (Å²) in [6, 6.07) is 26.0. The van der Waals surface area contributed by atoms with Gasteiger partial charge in [-0.15, -0.1) is 0 Å². The molecule has 0 bridgehead atoms. The molecule has 0 saturated carbocycles. The van der Waals surface area contributed by atoms with E-state index in [1.807, 2.05) is 30.3 Å². The van der Waals surface area contributed by atoms with Crippen LogP contribution in [0.2, 0.25) is 5.02 Å². The zero-order valence-electron chi connectivity index (χ0n) is 24.8. The second-order valence-electron chi connectivity index (χ2n) is 11.0. The van der Waals surface area contributed by atoms with E-state index in [0.29, 0.717) is 58.7 Å². The first-order valence-electron chi connectivity index (χ1n) is 14.8. The molecule has 11 heteroatoms. The fourth-order valence-corrected chi connectivity index (χ4v) is 6.84. The van der Waals surface area contributed by atoms with E-state index in [1.54, 1.807) is 60.9 Å². The quantitative estimate of drug-likeness (QED) is 0.127. The SMILES string of the molecule is O=S(=O)(CCNCCC1(c2ccc3ncnc(Nc4ccc(OCc5cccc(F)c5)c(Cl)c4)c3c2)CC=CO1)c1ccccc1. The van der Waals surface area contributed by atoms with Crippen LogP contribution in [-0.4, -0.2) is 37.2 Å². The molecule has 0 radical (unpaired) electrons. The Hall–Kier alpha value is -4.51. The van der Waals surface area contributed by atoms with Gasteiger partial charge in [0.2, 0.25) is 0 Å². The van der Waals surface area contributed by atoms with Gasteiger partial charge >= 0.3 is 0 Å². The zero-order chi connectivity index (χ0) is 32.0. The summed E-state index contributed by atoms with van der Waals surface area (Å²) in [5.41, 5.74) is 2.51. The van der Waals surface area contributed by atoms with Crippen LogP contribution in [0.1, 0.15) is 24.0 Å². The Bertz CT molecular complexity index is 1970. The minimum atomic E-state index is -3.36. The van der Waals surface area contributed by atoms with Gasteiger partial charge in [0, 0.05) is 30.5 Å². The van der Waals surface area contributed by atoms with Crippen LogP contribution in [0.5, 0.6) is 5.75 Å². The second-order valence-corrected chi connectivity index (χ2v) is 13.5. The number of hydrogen-bond donors (Lipinski definition) is 2. The minimum absolute atomic E-state index is 0.00952. The van der Waals surface area contributed by atoms with Crippen LogP contribution in [-0.2, 0) is 26.8 Å². The first-order chi connectivity index (χ1) is 22.3. The van der Waals surface area contributed by atoms with Gasteiger partial charge in [0.1, 0.15) is 35.9 Å². The van der Waals surface area contributed by atoms with E-state index in [-0.39, 0.29) is 18.2 Å². The van der Waals surface area contributed by atoms with Crippen LogP contribution in [0.4, 0.5) is 15.9 Å². The van der Waals surface area contributed by atoms with Gasteiger partial charge in [-0.3, -0.25) is 0 Å². The molecule has 1 aromatic heterocycles. The summed E-state index contributed by atoms with van der Waals surface area (Å²) < 4.78 is 50.8. The Morgan fingerprint density at radius 2 is 1.83 bits per heavy atom. The molecule has 0 spiro atoms. The number of nitrogens with one attached hydrogen (secondary N) is 2. The van der Waals surface area contributed by atoms with Gasteiger partial charge in [0.25, 0.3) is 0 Å². The molecular formula is C35H32ClFN4O4S. The van der Waals surface area contributed by atoms with Gasteiger partial charge in [0.15, 0.2) is 9.84 Å². The lowest BCUT2D eigenvalue weighted by Crippen LogP contribution is -2.32. The first-order valence-corrected chi connectivity index (χ1v) is 16.8. The van der Waals surface area contributed by atoms with E-state index >= 15 is 0 Å². The van der Waals surface area contributed by atoms with Crippen LogP contribution < -0.4 is 15.4 Å². The highest BCUT2D eigenvalue weighted by atomic mass is 35.5. The van der Waals surface area contributed by atoms with Crippen LogP contribution in [0.15, 0.2) is 115 Å². The molecule has 2 heterocycles. The van der Waals surface area contributed by atoms with Crippen molar-refractivity contribution in [2.24, 2.45) is 0 Å². The minimum Gasteiger partial charge on any atom is -0.490 e. The number of ether oxygens (including phenoxy) is 2. The van der Waals surface area contributed by atoms with Crippen LogP contribution in [0.3, 0.4) is 0 Å². The van der Waals surface area contributed by atoms with Crippen LogP contribution in [0, 0.1) is 5.82 Å². The lowest BCUT2D eigenvalue weighted by Gasteiger charge is -2.30. The molecule has 2 N–H and O–H groups in total. The maximum atomic E-state index is 13.5. The average molecular weight is 659 g/mol. The number of hydrogen-bond acceptors (Lipinski definition) is 8. The van der Waals surface area contributed by atoms with Crippen molar-refractivity contribution in [3.05, 3.63) is 132 Å². The third-order valence-electron chi connectivity index (χ3n) is 7.83. The lowest BCUT2D eigenvalue weighted by atomic mass is 9.87. The Morgan fingerprint density at radius 1 is 0.957 bits per heavy atom. The Labute approximate surface area is 272 Å². The van der Waals surface area contributed by atoms with Crippen molar-refractivity contribution < 1.29 is 22.3 Å². The molecule has 1 atom stereocenters. The molecule has 4 aromatic carbocycles. The monoisotopic (exact) mass is 658 g/mol. The number of rotatable bonds is 13. The molecule has 0 saturated heterocycles. The largest absolute Gasteiger partial charge is 0.490 e. The van der Waals surface area contributed by atoms with Gasteiger partial charge < -0.3 is 20.1 Å². The summed E-state index contributed by atoms with van der Waals surface area (Å²) >= 11 is 6.53. The zero-order valence-corrected chi connectivity index (χ0v) is 26.4. The van der Waals surface area contributed by atoms with Crippen LogP contribution in [0.25, 0.3) is 10.9 Å². The highest BCUT2D eigenvalue weighted by Gasteiger charge is 2.35. The fourth-order valence-electron chi connectivity index (χ4n) is 5.38. The maximum absolute atomic E-state index is 13.5. The Balaban J connectivity index is 1.13. The van der Waals surface area contributed by atoms with Crippen molar-refractivity contribution in [2.45, 2.75) is 29.9 Å². The topological polar surface area (TPSA) is 102 Å². The van der Waals surface area contributed by atoms with Gasteiger partial charge in [-0.05, 0) is 78.3 Å². The summed E-state index contributed by atoms with van der Waals surface area (Å²) in [4.78, 5) is 9.28. The molecule has 1 aliphatic rings. The van der Waals surface area contributed by atoms with Crippen molar-refractivity contribution in [3.63, 3.8) is 0 Å². The van der Waals surface area contributed by atoms with Gasteiger partial charge in [-0.2, -0.15) is 0 Å². The number of benzene rings is 4. The predicted molar refractivity (Wildman–Crippen MR) is 178 cm³/mol. The van der Waals surface area contributed by atoms with E-state index in [9.17, 15) is 12.8 Å². The van der Waals surface area contributed by atoms with Gasteiger partial charge in [-0.25, -0.2) is 22.8 Å². The lowest BCUT2D eigenvalue weighted by molar-refractivity contribution is 0.0329. The van der Waals surface area contributed by atoms with E-state index < -0.39 is 15.4 Å². The molecule has 0 fully saturated rings. The smallest absolute Gasteiger partial charge is 0.179 e. The van der Waals surface area contributed by atoms with Gasteiger partial charge in [-0.1, -0.05) is 48.0 Å². The first kappa shape index (κ1) is 31.5. The highest BCUT2D eigenvalue weighted by Crippen LogP contribution is 2.40. The molecule has 5 aromatic rings. The molecule has 1 aliphatic heterocycles. The number of halogens is 2. The number of sulfone groups is 1. The van der Waals surface area contributed by atoms with E-state index in [4.69, 9.17) is 21.1 Å². The maximum Gasteiger partial charge on any atom is 0.179 e. The van der Waals surface area contributed by atoms with Gasteiger partial charge in [0.05, 0.1) is 27.4 Å². The van der Waals surface area contributed by atoms with Crippen molar-refractivity contribution in [3.8, 4) is 5.75 Å². The molecule has 6 rings (SSSR count). The molecular weight excluding hydrogens is 627 g/mol. The fraction of sp³-hybridized carbons (Fsp3) is 0.200. The van der Waals surface area contributed by atoms with E-state index in [0.717, 1.165) is 16.5 Å². The van der Waals surface area contributed by atoms with Crippen molar-refractivity contribution in [1.29, 1.82) is 0 Å². The number of anilines is 2. The molecule has 1 unspecified atom stereocenters. The Kier molecular flexibility index (Phi) is 9.48. The summed E-state index contributed by atoms with van der Waals surface area (Å²) in [6.07, 6.45) is 6.50. The Morgan fingerprint density at radius 3 is 2.61 bits per heavy atom. The third kappa shape index (κ3) is 7.31. The van der Waals surface area contributed by atoms with Crippen molar-refractivity contribution >= 4 is 43.8 Å². The number of fused-ring (bicyclic) bond motifs is 1. The number of nitrogens with zero attached hydrogens (tertiary/aromatic N) is 2. The van der Waals surface area contributed by atoms with E-state index in [1.165, 1.54) is 18.5 Å². The van der Waals surface area contributed by atoms with Crippen molar-refractivity contribution in [2.75, 3.05) is 24.2 Å². The summed E-state index contributed by atoms with van der Waals surface area (Å²) in [6.45, 7) is 1.08. The van der Waals surface area contributed by atoms with Crippen molar-refractivity contribution in [1.82, 2.24) is 15.3 Å². The molecule has 236 valence electrons. The highest BCUT2D eigenvalue weighted by molar-refractivity contribution is 7.91. The summed E-state index contributed by atoms with van der Waals surface area (Å²) in [7, 11) is -3.36. The second kappa shape index (κ2) is 13.9. The molecule has 8 nitrogen and oxygen atoms in total. The third-order valence-corrected chi connectivity index (χ3v) is 9.86. The molecule has 0 amide bonds.